The van der Waals surface area contributed by atoms with Gasteiger partial charge in [0.25, 0.3) is 5.91 Å². The predicted octanol–water partition coefficient (Wildman–Crippen LogP) is 2.05. The van der Waals surface area contributed by atoms with Crippen LogP contribution in [0.5, 0.6) is 0 Å². The van der Waals surface area contributed by atoms with Crippen molar-refractivity contribution in [1.29, 1.82) is 0 Å². The molecule has 0 aliphatic carbocycles. The topological polar surface area (TPSA) is 53.9 Å². The van der Waals surface area contributed by atoms with Gasteiger partial charge in [0.05, 0.1) is 0 Å². The first kappa shape index (κ1) is 14.8. The van der Waals surface area contributed by atoms with Crippen molar-refractivity contribution in [3.8, 4) is 0 Å². The molecule has 0 aromatic heterocycles. The van der Waals surface area contributed by atoms with Gasteiger partial charge in [-0.3, -0.25) is 4.79 Å². The van der Waals surface area contributed by atoms with Gasteiger partial charge in [-0.15, -0.1) is 0 Å². The van der Waals surface area contributed by atoms with Crippen molar-refractivity contribution in [3.05, 3.63) is 35.5 Å². The summed E-state index contributed by atoms with van der Waals surface area (Å²) in [6.07, 6.45) is 3.68. The van der Waals surface area contributed by atoms with Crippen molar-refractivity contribution in [2.45, 2.75) is 12.8 Å². The quantitative estimate of drug-likeness (QED) is 0.869. The minimum atomic E-state index is -0.113. The molecule has 3 rings (SSSR count). The lowest BCUT2D eigenvalue weighted by atomic mass is 9.99. The van der Waals surface area contributed by atoms with E-state index in [1.807, 2.05) is 49.3 Å². The first-order valence-electron chi connectivity index (χ1n) is 7.60. The van der Waals surface area contributed by atoms with E-state index in [-0.39, 0.29) is 5.91 Å². The number of hydrogen-bond donors (Lipinski definition) is 1. The van der Waals surface area contributed by atoms with Crippen LogP contribution in [0.2, 0.25) is 0 Å². The molecule has 0 spiro atoms. The second-order valence-electron chi connectivity index (χ2n) is 5.85. The third-order valence-corrected chi connectivity index (χ3v) is 4.04. The molecule has 1 aromatic rings. The first-order chi connectivity index (χ1) is 10.6. The van der Waals surface area contributed by atoms with Gasteiger partial charge >= 0.3 is 0 Å². The van der Waals surface area contributed by atoms with Crippen LogP contribution >= 0.6 is 0 Å². The Hall–Kier alpha value is -2.14. The molecular weight excluding hydrogens is 278 g/mol. The molecule has 5 heteroatoms. The second-order valence-corrected chi connectivity index (χ2v) is 5.85. The fraction of sp³-hybridized carbons (Fsp3) is 0.412. The molecular formula is C17H21N3O2. The Balaban J connectivity index is 1.77. The summed E-state index contributed by atoms with van der Waals surface area (Å²) in [5.74, 6) is 0.988. The number of amidine groups is 1. The van der Waals surface area contributed by atoms with E-state index in [0.717, 1.165) is 43.1 Å². The maximum absolute atomic E-state index is 12.1. The van der Waals surface area contributed by atoms with Crippen LogP contribution in [0.15, 0.2) is 35.0 Å². The van der Waals surface area contributed by atoms with E-state index in [2.05, 4.69) is 10.3 Å². The SMILES string of the molecule is CN(C)c1ccc(/C=C2/N=C(C3CCOCC3)NC2=O)cc1. The Kier molecular flexibility index (Phi) is 4.24. The third kappa shape index (κ3) is 3.20. The number of benzene rings is 1. The van der Waals surface area contributed by atoms with Gasteiger partial charge in [-0.05, 0) is 36.6 Å². The Labute approximate surface area is 130 Å². The van der Waals surface area contributed by atoms with Gasteiger partial charge in [0, 0.05) is 38.9 Å². The van der Waals surface area contributed by atoms with E-state index in [9.17, 15) is 4.79 Å². The highest BCUT2D eigenvalue weighted by Gasteiger charge is 2.27. The van der Waals surface area contributed by atoms with E-state index < -0.39 is 0 Å². The maximum Gasteiger partial charge on any atom is 0.275 e. The number of aliphatic imine (C=N–C) groups is 1. The van der Waals surface area contributed by atoms with Crippen LogP contribution in [0, 0.1) is 5.92 Å². The smallest absolute Gasteiger partial charge is 0.275 e. The van der Waals surface area contributed by atoms with Crippen LogP contribution in [0.1, 0.15) is 18.4 Å². The molecule has 22 heavy (non-hydrogen) atoms. The molecule has 1 fully saturated rings. The van der Waals surface area contributed by atoms with Crippen LogP contribution in [-0.4, -0.2) is 39.1 Å². The number of rotatable bonds is 3. The van der Waals surface area contributed by atoms with Crippen molar-refractivity contribution in [2.24, 2.45) is 10.9 Å². The van der Waals surface area contributed by atoms with Crippen molar-refractivity contribution < 1.29 is 9.53 Å². The summed E-state index contributed by atoms with van der Waals surface area (Å²) in [4.78, 5) is 18.6. The molecule has 1 N–H and O–H groups in total. The molecule has 2 aliphatic rings. The Morgan fingerprint density at radius 2 is 1.91 bits per heavy atom. The van der Waals surface area contributed by atoms with Crippen LogP contribution in [-0.2, 0) is 9.53 Å². The molecule has 0 bridgehead atoms. The molecule has 116 valence electrons. The van der Waals surface area contributed by atoms with Crippen LogP contribution in [0.25, 0.3) is 6.08 Å². The third-order valence-electron chi connectivity index (χ3n) is 4.04. The molecule has 1 saturated heterocycles. The van der Waals surface area contributed by atoms with E-state index in [0.29, 0.717) is 11.6 Å². The highest BCUT2D eigenvalue weighted by atomic mass is 16.5. The minimum Gasteiger partial charge on any atom is -0.381 e. The van der Waals surface area contributed by atoms with E-state index in [1.165, 1.54) is 0 Å². The van der Waals surface area contributed by atoms with Crippen LogP contribution in [0.3, 0.4) is 0 Å². The van der Waals surface area contributed by atoms with Crippen LogP contribution < -0.4 is 10.2 Å². The molecule has 0 unspecified atom stereocenters. The average molecular weight is 299 g/mol. The first-order valence-corrected chi connectivity index (χ1v) is 7.60. The van der Waals surface area contributed by atoms with E-state index >= 15 is 0 Å². The number of hydrogen-bond acceptors (Lipinski definition) is 4. The molecule has 0 atom stereocenters. The number of amides is 1. The normalized spacial score (nSPS) is 20.9. The summed E-state index contributed by atoms with van der Waals surface area (Å²) in [6, 6.07) is 8.06. The predicted molar refractivity (Wildman–Crippen MR) is 87.9 cm³/mol. The van der Waals surface area contributed by atoms with Gasteiger partial charge in [-0.1, -0.05) is 12.1 Å². The number of ether oxygens (including phenoxy) is 1. The Morgan fingerprint density at radius 1 is 1.23 bits per heavy atom. The zero-order valence-electron chi connectivity index (χ0n) is 13.0. The fourth-order valence-electron chi connectivity index (χ4n) is 2.68. The lowest BCUT2D eigenvalue weighted by molar-refractivity contribution is -0.115. The number of anilines is 1. The maximum atomic E-state index is 12.1. The standard InChI is InChI=1S/C17H21N3O2/c1-20(2)14-5-3-12(4-6-14)11-15-17(21)19-16(18-15)13-7-9-22-10-8-13/h3-6,11,13H,7-10H2,1-2H3,(H,18,19,21)/b15-11+. The number of nitrogens with one attached hydrogen (secondary N) is 1. The highest BCUT2D eigenvalue weighted by molar-refractivity contribution is 6.15. The number of nitrogens with zero attached hydrogens (tertiary/aromatic N) is 2. The van der Waals surface area contributed by atoms with Crippen molar-refractivity contribution >= 4 is 23.5 Å². The highest BCUT2D eigenvalue weighted by Crippen LogP contribution is 2.22. The number of carbonyl (C=O) groups excluding carboxylic acids is 1. The van der Waals surface area contributed by atoms with Gasteiger partial charge in [-0.2, -0.15) is 0 Å². The Morgan fingerprint density at radius 3 is 2.55 bits per heavy atom. The lowest BCUT2D eigenvalue weighted by Gasteiger charge is -2.21. The van der Waals surface area contributed by atoms with Crippen LogP contribution in [0.4, 0.5) is 5.69 Å². The molecule has 2 aliphatic heterocycles. The molecule has 1 amide bonds. The van der Waals surface area contributed by atoms with Crippen molar-refractivity contribution in [1.82, 2.24) is 5.32 Å². The molecule has 0 radical (unpaired) electrons. The summed E-state index contributed by atoms with van der Waals surface area (Å²) in [6.45, 7) is 1.48. The fourth-order valence-corrected chi connectivity index (χ4v) is 2.68. The van der Waals surface area contributed by atoms with Crippen molar-refractivity contribution in [3.63, 3.8) is 0 Å². The monoisotopic (exact) mass is 299 g/mol. The Bertz CT molecular complexity index is 611. The molecule has 1 aromatic carbocycles. The van der Waals surface area contributed by atoms with Crippen molar-refractivity contribution in [2.75, 3.05) is 32.2 Å². The van der Waals surface area contributed by atoms with Gasteiger partial charge in [0.2, 0.25) is 0 Å². The average Bonchev–Trinajstić information content (AvgIpc) is 2.90. The zero-order chi connectivity index (χ0) is 15.5. The summed E-state index contributed by atoms with van der Waals surface area (Å²) in [5, 5.41) is 2.90. The molecule has 5 nitrogen and oxygen atoms in total. The van der Waals surface area contributed by atoms with E-state index in [1.54, 1.807) is 0 Å². The molecule has 2 heterocycles. The molecule has 0 saturated carbocycles. The van der Waals surface area contributed by atoms with Gasteiger partial charge < -0.3 is 15.0 Å². The largest absolute Gasteiger partial charge is 0.381 e. The number of carbonyl (C=O) groups is 1. The summed E-state index contributed by atoms with van der Waals surface area (Å²) < 4.78 is 5.35. The second kappa shape index (κ2) is 6.32. The summed E-state index contributed by atoms with van der Waals surface area (Å²) in [7, 11) is 4.00. The zero-order valence-corrected chi connectivity index (χ0v) is 13.0. The summed E-state index contributed by atoms with van der Waals surface area (Å²) in [5.41, 5.74) is 2.59. The van der Waals surface area contributed by atoms with Gasteiger partial charge in [0.1, 0.15) is 11.5 Å². The summed E-state index contributed by atoms with van der Waals surface area (Å²) >= 11 is 0. The lowest BCUT2D eigenvalue weighted by Crippen LogP contribution is -2.33. The minimum absolute atomic E-state index is 0.113. The van der Waals surface area contributed by atoms with Gasteiger partial charge in [-0.25, -0.2) is 4.99 Å². The van der Waals surface area contributed by atoms with Gasteiger partial charge in [0.15, 0.2) is 0 Å². The van der Waals surface area contributed by atoms with E-state index in [4.69, 9.17) is 4.74 Å².